The number of aliphatic imine (C=N–C) groups is 1. The number of aliphatic hydroxyl groups excluding tert-OH is 1. The van der Waals surface area contributed by atoms with Gasteiger partial charge in [-0.1, -0.05) is 24.4 Å². The van der Waals surface area contributed by atoms with Crippen molar-refractivity contribution in [1.29, 1.82) is 5.26 Å². The molecule has 2 fully saturated rings. The third-order valence-electron chi connectivity index (χ3n) is 8.03. The van der Waals surface area contributed by atoms with Crippen molar-refractivity contribution in [2.24, 2.45) is 10.9 Å². The molecule has 2 unspecified atom stereocenters. The molecule has 3 N–H and O–H groups in total. The fourth-order valence-electron chi connectivity index (χ4n) is 6.02. The number of halogens is 1. The van der Waals surface area contributed by atoms with Gasteiger partial charge in [0.1, 0.15) is 23.5 Å². The van der Waals surface area contributed by atoms with E-state index in [4.69, 9.17) is 16.3 Å². The number of nitrogens with zero attached hydrogens (tertiary/aromatic N) is 3. The molecule has 2 heterocycles. The summed E-state index contributed by atoms with van der Waals surface area (Å²) in [7, 11) is -3.78. The van der Waals surface area contributed by atoms with Gasteiger partial charge in [-0.2, -0.15) is 9.57 Å². The lowest BCUT2D eigenvalue weighted by Gasteiger charge is -2.43. The summed E-state index contributed by atoms with van der Waals surface area (Å²) in [6, 6.07) is 10.8. The molecule has 0 radical (unpaired) electrons. The van der Waals surface area contributed by atoms with Crippen LogP contribution in [0.5, 0.6) is 5.75 Å². The van der Waals surface area contributed by atoms with E-state index in [1.807, 2.05) is 6.19 Å². The highest BCUT2D eigenvalue weighted by Gasteiger charge is 2.45. The van der Waals surface area contributed by atoms with Crippen LogP contribution in [0.3, 0.4) is 0 Å². The van der Waals surface area contributed by atoms with Crippen molar-refractivity contribution in [3.63, 3.8) is 0 Å². The average molecular weight is 572 g/mol. The summed E-state index contributed by atoms with van der Waals surface area (Å²) in [5.74, 6) is 0.943. The van der Waals surface area contributed by atoms with Crippen molar-refractivity contribution in [1.82, 2.24) is 9.62 Å². The summed E-state index contributed by atoms with van der Waals surface area (Å²) < 4.78 is 35.7. The Morgan fingerprint density at radius 3 is 2.62 bits per heavy atom. The van der Waals surface area contributed by atoms with Crippen molar-refractivity contribution in [2.75, 3.05) is 11.9 Å². The zero-order valence-corrected chi connectivity index (χ0v) is 23.7. The summed E-state index contributed by atoms with van der Waals surface area (Å²) in [5.41, 5.74) is 0.0579. The molecule has 3 aliphatic rings. The zero-order valence-electron chi connectivity index (χ0n) is 22.1. The topological polar surface area (TPSA) is 127 Å². The molecular weight excluding hydrogens is 538 g/mol. The van der Waals surface area contributed by atoms with Gasteiger partial charge in [-0.25, -0.2) is 13.4 Å². The molecule has 208 valence electrons. The number of sulfonamides is 1. The molecule has 4 atom stereocenters. The van der Waals surface area contributed by atoms with Crippen LogP contribution in [0.15, 0.2) is 52.4 Å². The third kappa shape index (κ3) is 5.59. The van der Waals surface area contributed by atoms with Crippen LogP contribution in [0, 0.1) is 17.4 Å². The van der Waals surface area contributed by atoms with E-state index in [2.05, 4.69) is 15.6 Å². The van der Waals surface area contributed by atoms with Gasteiger partial charge in [0.15, 0.2) is 6.19 Å². The van der Waals surface area contributed by atoms with E-state index in [0.717, 1.165) is 38.5 Å². The van der Waals surface area contributed by atoms with E-state index in [-0.39, 0.29) is 16.9 Å². The van der Waals surface area contributed by atoms with E-state index < -0.39 is 27.8 Å². The fourth-order valence-corrected chi connectivity index (χ4v) is 7.93. The summed E-state index contributed by atoms with van der Waals surface area (Å²) in [5, 5.41) is 26.8. The fraction of sp³-hybridized carbons (Fsp3) is 0.500. The van der Waals surface area contributed by atoms with Crippen LogP contribution in [0.4, 0.5) is 5.69 Å². The first-order chi connectivity index (χ1) is 18.6. The van der Waals surface area contributed by atoms with Gasteiger partial charge in [0, 0.05) is 28.9 Å². The van der Waals surface area contributed by atoms with Gasteiger partial charge in [0.05, 0.1) is 4.90 Å². The molecule has 0 bridgehead atoms. The van der Waals surface area contributed by atoms with Gasteiger partial charge in [0.2, 0.25) is 16.0 Å². The number of nitriles is 1. The molecule has 39 heavy (non-hydrogen) atoms. The van der Waals surface area contributed by atoms with E-state index in [1.165, 1.54) is 0 Å². The summed E-state index contributed by atoms with van der Waals surface area (Å²) in [6.07, 6.45) is 6.83. The predicted molar refractivity (Wildman–Crippen MR) is 150 cm³/mol. The van der Waals surface area contributed by atoms with Gasteiger partial charge in [-0.15, -0.1) is 0 Å². The standard InChI is InChI=1S/C28H34ClN5O4S/c1-28(2)26(35)25(33-27(31-17-30)32-20-11-9-19(29)10-12-20)22-16-21(13-14-24(22)38-28)39(36,37)34-15-5-7-18-6-3-4-8-23(18)34/h9-14,16,18,23,25-26,35H,3-8,15H2,1-2H3,(H2,31,32,33)/t18?,23?,25-,26+/m1/s1. The normalized spacial score (nSPS) is 26.9. The Morgan fingerprint density at radius 1 is 1.15 bits per heavy atom. The van der Waals surface area contributed by atoms with E-state index in [1.54, 1.807) is 60.6 Å². The first-order valence-corrected chi connectivity index (χ1v) is 15.2. The summed E-state index contributed by atoms with van der Waals surface area (Å²) in [4.78, 5) is 4.82. The van der Waals surface area contributed by atoms with Crippen LogP contribution < -0.4 is 15.4 Å². The van der Waals surface area contributed by atoms with Crippen molar-refractivity contribution in [3.8, 4) is 11.9 Å². The Balaban J connectivity index is 1.53. The van der Waals surface area contributed by atoms with Crippen molar-refractivity contribution < 1.29 is 18.3 Å². The Hall–Kier alpha value is -2.84. The van der Waals surface area contributed by atoms with Crippen molar-refractivity contribution >= 4 is 33.3 Å². The third-order valence-corrected chi connectivity index (χ3v) is 10.2. The molecule has 5 rings (SSSR count). The molecular formula is C28H34ClN5O4S. The molecule has 1 saturated heterocycles. The molecule has 2 aromatic carbocycles. The minimum atomic E-state index is -3.78. The number of rotatable bonds is 4. The minimum absolute atomic E-state index is 0.0260. The van der Waals surface area contributed by atoms with Gasteiger partial charge < -0.3 is 15.2 Å². The van der Waals surface area contributed by atoms with Gasteiger partial charge in [0.25, 0.3) is 0 Å². The highest BCUT2D eigenvalue weighted by atomic mass is 35.5. The molecule has 9 nitrogen and oxygen atoms in total. The second-order valence-electron chi connectivity index (χ2n) is 11.0. The maximum absolute atomic E-state index is 13.9. The first kappa shape index (κ1) is 27.7. The monoisotopic (exact) mass is 571 g/mol. The smallest absolute Gasteiger partial charge is 0.243 e. The number of fused-ring (bicyclic) bond motifs is 2. The number of ether oxygens (including phenoxy) is 1. The van der Waals surface area contributed by atoms with Gasteiger partial charge in [-0.05, 0) is 87.9 Å². The molecule has 0 amide bonds. The molecule has 0 spiro atoms. The number of hydrogen-bond donors (Lipinski definition) is 3. The van der Waals surface area contributed by atoms with E-state index in [0.29, 0.717) is 34.5 Å². The summed E-state index contributed by atoms with van der Waals surface area (Å²) in [6.45, 7) is 4.00. The molecule has 0 aromatic heterocycles. The Morgan fingerprint density at radius 2 is 1.87 bits per heavy atom. The maximum atomic E-state index is 13.9. The van der Waals surface area contributed by atoms with Crippen LogP contribution in [0.2, 0.25) is 5.02 Å². The molecule has 11 heteroatoms. The lowest BCUT2D eigenvalue weighted by Crippen LogP contribution is -2.50. The van der Waals surface area contributed by atoms with Crippen LogP contribution in [0.25, 0.3) is 0 Å². The van der Waals surface area contributed by atoms with E-state index >= 15 is 0 Å². The van der Waals surface area contributed by atoms with Crippen molar-refractivity contribution in [2.45, 2.75) is 81.1 Å². The van der Waals surface area contributed by atoms with Gasteiger partial charge in [-0.3, -0.25) is 5.32 Å². The largest absolute Gasteiger partial charge is 0.485 e. The van der Waals surface area contributed by atoms with Crippen LogP contribution in [-0.2, 0) is 10.0 Å². The zero-order chi connectivity index (χ0) is 27.8. The van der Waals surface area contributed by atoms with Crippen LogP contribution in [-0.4, -0.2) is 48.1 Å². The SMILES string of the molecule is CC1(C)Oc2ccc(S(=O)(=O)N3CCCC4CCCCC43)cc2[C@@H](N=C(NC#N)Nc2ccc(Cl)cc2)[C@@H]1O. The van der Waals surface area contributed by atoms with Crippen LogP contribution >= 0.6 is 11.6 Å². The Labute approximate surface area is 234 Å². The van der Waals surface area contributed by atoms with Gasteiger partial charge >= 0.3 is 0 Å². The molecule has 2 aliphatic heterocycles. The Kier molecular flexibility index (Phi) is 7.80. The number of benzene rings is 2. The maximum Gasteiger partial charge on any atom is 0.243 e. The minimum Gasteiger partial charge on any atom is -0.485 e. The number of piperidine rings is 1. The number of aliphatic hydroxyl groups is 1. The lowest BCUT2D eigenvalue weighted by atomic mass is 9.79. The van der Waals surface area contributed by atoms with Crippen molar-refractivity contribution in [3.05, 3.63) is 53.1 Å². The number of guanidine groups is 1. The second kappa shape index (κ2) is 11.0. The first-order valence-electron chi connectivity index (χ1n) is 13.4. The molecule has 1 aliphatic carbocycles. The highest BCUT2D eigenvalue weighted by molar-refractivity contribution is 7.89. The lowest BCUT2D eigenvalue weighted by molar-refractivity contribution is -0.0568. The predicted octanol–water partition coefficient (Wildman–Crippen LogP) is 4.80. The van der Waals surface area contributed by atoms with Crippen LogP contribution in [0.1, 0.15) is 64.0 Å². The summed E-state index contributed by atoms with van der Waals surface area (Å²) >= 11 is 5.99. The number of hydrogen-bond acceptors (Lipinski definition) is 6. The second-order valence-corrected chi connectivity index (χ2v) is 13.3. The average Bonchev–Trinajstić information content (AvgIpc) is 2.91. The number of anilines is 1. The highest BCUT2D eigenvalue weighted by Crippen LogP contribution is 2.44. The van der Waals surface area contributed by atoms with E-state index in [9.17, 15) is 18.8 Å². The Bertz CT molecular complexity index is 1390. The quantitative estimate of drug-likeness (QED) is 0.208. The molecule has 1 saturated carbocycles. The number of nitrogens with one attached hydrogen (secondary N) is 2. The molecule has 2 aromatic rings.